The molecule has 3 fully saturated rings. The first kappa shape index (κ1) is 50.0. The number of likely N-dealkylation sites (N-methyl/N-ethyl adjacent to an activating group) is 1. The lowest BCUT2D eigenvalue weighted by atomic mass is 9.76. The van der Waals surface area contributed by atoms with Crippen molar-refractivity contribution in [1.82, 2.24) is 45.0 Å². The molecule has 3 aromatic heterocycles. The lowest BCUT2D eigenvalue weighted by Gasteiger charge is -2.57. The topological polar surface area (TPSA) is 172 Å². The third kappa shape index (κ3) is 9.62. The number of nitrogens with zero attached hydrogens (tertiary/aromatic N) is 7. The highest BCUT2D eigenvalue weighted by molar-refractivity contribution is 7.10. The van der Waals surface area contributed by atoms with Crippen LogP contribution in [0.5, 0.6) is 0 Å². The largest absolute Gasteiger partial charge is 0.464 e. The summed E-state index contributed by atoms with van der Waals surface area (Å²) < 4.78 is 14.3. The Kier molecular flexibility index (Phi) is 14.3. The number of carbonyl (C=O) groups excluding carboxylic acids is 5. The number of carbonyl (C=O) groups is 5. The quantitative estimate of drug-likeness (QED) is 0.159. The van der Waals surface area contributed by atoms with Crippen LogP contribution >= 0.6 is 11.3 Å². The first-order valence-electron chi connectivity index (χ1n) is 24.8. The molecule has 4 aliphatic heterocycles. The molecule has 8 rings (SSSR count). The van der Waals surface area contributed by atoms with Gasteiger partial charge >= 0.3 is 12.0 Å². The van der Waals surface area contributed by atoms with Gasteiger partial charge in [-0.25, -0.2) is 15.2 Å². The summed E-state index contributed by atoms with van der Waals surface area (Å²) in [6, 6.07) is 8.50. The first-order chi connectivity index (χ1) is 32.8. The van der Waals surface area contributed by atoms with Crippen molar-refractivity contribution in [2.45, 2.75) is 143 Å². The van der Waals surface area contributed by atoms with Gasteiger partial charge in [-0.3, -0.25) is 29.2 Å². The van der Waals surface area contributed by atoms with E-state index in [-0.39, 0.29) is 45.4 Å². The van der Waals surface area contributed by atoms with Gasteiger partial charge in [0.2, 0.25) is 11.8 Å². The van der Waals surface area contributed by atoms with E-state index in [1.54, 1.807) is 27.3 Å². The molecule has 5 amide bonds. The van der Waals surface area contributed by atoms with Gasteiger partial charge in [0.25, 0.3) is 5.91 Å². The van der Waals surface area contributed by atoms with Crippen molar-refractivity contribution in [3.05, 3.63) is 58.2 Å². The summed E-state index contributed by atoms with van der Waals surface area (Å²) >= 11 is 1.42. The number of piperidine rings is 1. The number of thiazole rings is 1. The minimum absolute atomic E-state index is 0. The Morgan fingerprint density at radius 1 is 1.04 bits per heavy atom. The van der Waals surface area contributed by atoms with Crippen molar-refractivity contribution in [2.24, 2.45) is 11.3 Å². The molecular formula is C52H75N9O7S. The van der Waals surface area contributed by atoms with Crippen LogP contribution in [0.4, 0.5) is 4.79 Å². The molecule has 16 nitrogen and oxygen atoms in total. The van der Waals surface area contributed by atoms with E-state index in [1.165, 1.54) is 21.2 Å². The van der Waals surface area contributed by atoms with E-state index in [2.05, 4.69) is 60.3 Å². The molecule has 0 unspecified atom stereocenters. The number of amides is 5. The second-order valence-electron chi connectivity index (χ2n) is 20.9. The number of likely N-dealkylation sites (tertiary alicyclic amines) is 2. The molecule has 4 atom stereocenters. The number of aromatic nitrogens is 3. The molecule has 3 saturated heterocycles. The van der Waals surface area contributed by atoms with Gasteiger partial charge in [0.05, 0.1) is 34.8 Å². The molecule has 0 saturated carbocycles. The predicted molar refractivity (Wildman–Crippen MR) is 270 cm³/mol. The van der Waals surface area contributed by atoms with Crippen molar-refractivity contribution in [1.29, 1.82) is 0 Å². The second-order valence-corrected chi connectivity index (χ2v) is 21.9. The lowest BCUT2D eigenvalue weighted by Crippen LogP contribution is -2.70. The van der Waals surface area contributed by atoms with E-state index in [4.69, 9.17) is 19.4 Å². The number of methoxy groups -OCH3 is 1. The summed E-state index contributed by atoms with van der Waals surface area (Å²) in [6.07, 6.45) is 5.85. The number of ether oxygens (including phenoxy) is 2. The highest BCUT2D eigenvalue weighted by Gasteiger charge is 2.52. The summed E-state index contributed by atoms with van der Waals surface area (Å²) in [5.41, 5.74) is 7.43. The van der Waals surface area contributed by atoms with E-state index in [0.29, 0.717) is 76.3 Å². The number of benzene rings is 1. The number of rotatable bonds is 9. The van der Waals surface area contributed by atoms with Gasteiger partial charge in [0, 0.05) is 107 Å². The molecule has 376 valence electrons. The van der Waals surface area contributed by atoms with Crippen molar-refractivity contribution in [3.63, 3.8) is 0 Å². The summed E-state index contributed by atoms with van der Waals surface area (Å²) in [6.45, 7) is 18.6. The van der Waals surface area contributed by atoms with Crippen molar-refractivity contribution >= 4 is 52.0 Å². The number of fused-ring (bicyclic) bond motifs is 6. The smallest absolute Gasteiger partial charge is 0.324 e. The van der Waals surface area contributed by atoms with Crippen molar-refractivity contribution < 1.29 is 36.3 Å². The third-order valence-electron chi connectivity index (χ3n) is 15.1. The Bertz CT molecular complexity index is 2610. The summed E-state index contributed by atoms with van der Waals surface area (Å²) in [5.74, 6) is -1.53. The minimum atomic E-state index is -1.54. The zero-order valence-corrected chi connectivity index (χ0v) is 43.0. The molecule has 6 bridgehead atoms. The number of aryl methyl sites for hydroxylation is 1. The Labute approximate surface area is 413 Å². The molecule has 0 radical (unpaired) electrons. The predicted octanol–water partition coefficient (Wildman–Crippen LogP) is 7.64. The minimum Gasteiger partial charge on any atom is -0.464 e. The van der Waals surface area contributed by atoms with E-state index in [1.807, 2.05) is 48.9 Å². The van der Waals surface area contributed by atoms with Gasteiger partial charge in [-0.1, -0.05) is 40.7 Å². The normalized spacial score (nSPS) is 22.5. The maximum absolute atomic E-state index is 15.0. The fourth-order valence-corrected chi connectivity index (χ4v) is 12.0. The number of pyridine rings is 1. The van der Waals surface area contributed by atoms with Crippen LogP contribution in [-0.4, -0.2) is 134 Å². The van der Waals surface area contributed by atoms with Crippen LogP contribution in [0.2, 0.25) is 0 Å². The van der Waals surface area contributed by atoms with E-state index in [9.17, 15) is 19.2 Å². The maximum Gasteiger partial charge on any atom is 0.324 e. The molecule has 1 spiro atoms. The van der Waals surface area contributed by atoms with Crippen LogP contribution in [-0.2, 0) is 48.0 Å². The van der Waals surface area contributed by atoms with E-state index >= 15 is 4.79 Å². The summed E-state index contributed by atoms with van der Waals surface area (Å²) in [7, 11) is 3.35. The number of cyclic esters (lactones) is 1. The van der Waals surface area contributed by atoms with Gasteiger partial charge in [-0.15, -0.1) is 11.3 Å². The molecular weight excluding hydrogens is 895 g/mol. The Hall–Kier alpha value is -5.39. The zero-order valence-electron chi connectivity index (χ0n) is 42.1. The second kappa shape index (κ2) is 19.8. The summed E-state index contributed by atoms with van der Waals surface area (Å²) in [5, 5.41) is 8.28. The fourth-order valence-electron chi connectivity index (χ4n) is 11.1. The number of nitrogens with one attached hydrogen (secondary N) is 2. The number of esters is 1. The van der Waals surface area contributed by atoms with Gasteiger partial charge in [0.15, 0.2) is 0 Å². The Morgan fingerprint density at radius 2 is 1.78 bits per heavy atom. The average molecular weight is 970 g/mol. The molecule has 4 aromatic rings. The van der Waals surface area contributed by atoms with E-state index in [0.717, 1.165) is 51.1 Å². The molecule has 17 heteroatoms. The van der Waals surface area contributed by atoms with Crippen LogP contribution < -0.4 is 10.7 Å². The lowest BCUT2D eigenvalue weighted by molar-refractivity contribution is -0.157. The van der Waals surface area contributed by atoms with Gasteiger partial charge < -0.3 is 34.1 Å². The Morgan fingerprint density at radius 3 is 2.45 bits per heavy atom. The number of hydrogen-bond donors (Lipinski definition) is 2. The molecule has 4 aliphatic rings. The Balaban J connectivity index is 0.00000413. The zero-order chi connectivity index (χ0) is 49.6. The van der Waals surface area contributed by atoms with Crippen LogP contribution in [0.25, 0.3) is 33.4 Å². The van der Waals surface area contributed by atoms with Crippen LogP contribution in [0.15, 0.2) is 41.9 Å². The van der Waals surface area contributed by atoms with Crippen LogP contribution in [0, 0.1) is 11.3 Å². The van der Waals surface area contributed by atoms with Gasteiger partial charge in [-0.05, 0) is 95.0 Å². The van der Waals surface area contributed by atoms with Crippen LogP contribution in [0.3, 0.4) is 0 Å². The van der Waals surface area contributed by atoms with Crippen molar-refractivity contribution in [2.75, 3.05) is 46.9 Å². The molecule has 7 heterocycles. The molecule has 1 aromatic carbocycles. The maximum atomic E-state index is 15.0. The molecule has 2 N–H and O–H groups in total. The SMILES string of the molecule is CCC(=O)N1CCC2(CC1)CCN2C(=O)N(C)[C@H](C(=O)N[C@]1(C)Cc2nc(cs2)-c2ccc3c(c2)c(c(-c2cccnc2[C@H](C)OC)n3CC)CC(C)(C)COC(=O)[C@@H]2CCCN(N2)C1=O)C(C)C.[HH].[HH]. The third-order valence-corrected chi connectivity index (χ3v) is 15.9. The number of urea groups is 1. The van der Waals surface area contributed by atoms with Crippen molar-refractivity contribution in [3.8, 4) is 22.5 Å². The first-order valence-corrected chi connectivity index (χ1v) is 25.7. The van der Waals surface area contributed by atoms with E-state index < -0.39 is 40.8 Å². The monoisotopic (exact) mass is 970 g/mol. The van der Waals surface area contributed by atoms with Crippen LogP contribution in [0.1, 0.15) is 119 Å². The highest BCUT2D eigenvalue weighted by Crippen LogP contribution is 2.43. The fraction of sp³-hybridized carbons (Fsp3) is 0.596. The highest BCUT2D eigenvalue weighted by atomic mass is 32.1. The standard InChI is InChI=1S/C52H71N9O7S.2H2/c1-11-42(62)58-24-19-52(20-25-58)21-26-60(52)49(66)57(9)44(32(3)4)46(63)55-51(8)29-41-54-39(30-69-41)34-17-18-40-36(27-34)37(45(59(40)12-2)35-15-13-22-53-43(35)33(5)67-10)28-50(6,7)31-68-47(64)38-16-14-23-61(56-38)48(51)65;;/h13,15,17-18,22,27,30,32-33,38,44,56H,11-12,14,16,19-21,23-26,28-29,31H2,1-10H3,(H,55,63);2*1H/t33-,38-,44-,51+;;/m0../s1. The average Bonchev–Trinajstić information content (AvgIpc) is 3.92. The van der Waals surface area contributed by atoms with Gasteiger partial charge in [-0.2, -0.15) is 0 Å². The summed E-state index contributed by atoms with van der Waals surface area (Å²) in [4.78, 5) is 86.0. The van der Waals surface area contributed by atoms with Gasteiger partial charge in [0.1, 0.15) is 17.6 Å². The number of hydrazine groups is 1. The number of hydrogen-bond acceptors (Lipinski definition) is 11. The molecule has 0 aliphatic carbocycles. The molecule has 69 heavy (non-hydrogen) atoms.